The Hall–Kier alpha value is 0.270. The normalized spacial score (nSPS) is 33.8. The maximum absolute atomic E-state index is 3.84. The summed E-state index contributed by atoms with van der Waals surface area (Å²) < 4.78 is 0. The van der Waals surface area contributed by atoms with Crippen LogP contribution >= 0.6 is 11.8 Å². The van der Waals surface area contributed by atoms with Crippen LogP contribution in [0.15, 0.2) is 0 Å². The second-order valence-electron chi connectivity index (χ2n) is 6.31. The molecule has 2 rings (SSSR count). The minimum Gasteiger partial charge on any atom is -0.308 e. The van der Waals surface area contributed by atoms with E-state index in [2.05, 4.69) is 30.3 Å². The van der Waals surface area contributed by atoms with E-state index in [1.807, 2.05) is 11.8 Å². The van der Waals surface area contributed by atoms with E-state index in [1.54, 1.807) is 0 Å². The van der Waals surface area contributed by atoms with Crippen molar-refractivity contribution in [1.82, 2.24) is 10.2 Å². The molecule has 3 heteroatoms. The number of nitrogens with zero attached hydrogens (tertiary/aromatic N) is 1. The number of thioether (sulfide) groups is 1. The lowest BCUT2D eigenvalue weighted by Gasteiger charge is -2.46. The van der Waals surface area contributed by atoms with Gasteiger partial charge in [0, 0.05) is 24.7 Å². The van der Waals surface area contributed by atoms with Gasteiger partial charge in [-0.05, 0) is 63.5 Å². The molecule has 106 valence electrons. The molecule has 1 heterocycles. The van der Waals surface area contributed by atoms with Crippen LogP contribution in [0, 0.1) is 5.92 Å². The molecule has 1 N–H and O–H groups in total. The zero-order valence-electron chi connectivity index (χ0n) is 12.4. The number of hydrogen-bond acceptors (Lipinski definition) is 3. The lowest BCUT2D eigenvalue weighted by atomic mass is 9.90. The molecular formula is C15H30N2S. The first kappa shape index (κ1) is 14.7. The maximum atomic E-state index is 3.84. The van der Waals surface area contributed by atoms with Crippen LogP contribution in [0.4, 0.5) is 0 Å². The van der Waals surface area contributed by atoms with Crippen molar-refractivity contribution >= 4 is 11.8 Å². The van der Waals surface area contributed by atoms with Gasteiger partial charge < -0.3 is 5.32 Å². The van der Waals surface area contributed by atoms with Crippen LogP contribution in [-0.2, 0) is 0 Å². The largest absolute Gasteiger partial charge is 0.308 e. The molecule has 0 aromatic heterocycles. The number of hydrogen-bond donors (Lipinski definition) is 1. The molecule has 0 radical (unpaired) electrons. The van der Waals surface area contributed by atoms with Crippen molar-refractivity contribution in [2.45, 2.75) is 57.5 Å². The first-order valence-electron chi connectivity index (χ1n) is 7.67. The Morgan fingerprint density at radius 1 is 1.33 bits per heavy atom. The molecule has 0 bridgehead atoms. The summed E-state index contributed by atoms with van der Waals surface area (Å²) in [7, 11) is 0. The minimum absolute atomic E-state index is 0.408. The number of unbranched alkanes of at least 4 members (excludes halogenated alkanes) is 1. The molecule has 1 aliphatic carbocycles. The molecule has 2 nitrogen and oxygen atoms in total. The predicted molar refractivity (Wildman–Crippen MR) is 82.4 cm³/mol. The molecule has 2 fully saturated rings. The van der Waals surface area contributed by atoms with Gasteiger partial charge in [0.2, 0.25) is 0 Å². The van der Waals surface area contributed by atoms with Crippen molar-refractivity contribution in [3.05, 3.63) is 0 Å². The average molecular weight is 270 g/mol. The Kier molecular flexibility index (Phi) is 5.40. The highest BCUT2D eigenvalue weighted by Crippen LogP contribution is 2.41. The molecule has 1 aliphatic heterocycles. The molecule has 0 spiro atoms. The highest BCUT2D eigenvalue weighted by molar-refractivity contribution is 7.98. The predicted octanol–water partition coefficient (Wildman–Crippen LogP) is 2.98. The van der Waals surface area contributed by atoms with Gasteiger partial charge in [-0.15, -0.1) is 0 Å². The van der Waals surface area contributed by atoms with E-state index in [9.17, 15) is 0 Å². The molecule has 0 amide bonds. The van der Waals surface area contributed by atoms with E-state index in [4.69, 9.17) is 0 Å². The van der Waals surface area contributed by atoms with Crippen molar-refractivity contribution in [2.75, 3.05) is 31.6 Å². The molecular weight excluding hydrogens is 240 g/mol. The van der Waals surface area contributed by atoms with E-state index < -0.39 is 0 Å². The van der Waals surface area contributed by atoms with E-state index >= 15 is 0 Å². The van der Waals surface area contributed by atoms with Crippen molar-refractivity contribution in [2.24, 2.45) is 5.92 Å². The van der Waals surface area contributed by atoms with E-state index in [1.165, 1.54) is 57.5 Å². The van der Waals surface area contributed by atoms with Gasteiger partial charge in [0.25, 0.3) is 0 Å². The quantitative estimate of drug-likeness (QED) is 0.716. The van der Waals surface area contributed by atoms with E-state index in [0.717, 1.165) is 12.0 Å². The lowest BCUT2D eigenvalue weighted by Crippen LogP contribution is -2.63. The highest BCUT2D eigenvalue weighted by atomic mass is 32.2. The second-order valence-corrected chi connectivity index (χ2v) is 7.29. The fraction of sp³-hybridized carbons (Fsp3) is 1.00. The van der Waals surface area contributed by atoms with Gasteiger partial charge in [-0.25, -0.2) is 0 Å². The topological polar surface area (TPSA) is 15.3 Å². The van der Waals surface area contributed by atoms with Gasteiger partial charge in [0.1, 0.15) is 0 Å². The van der Waals surface area contributed by atoms with Crippen LogP contribution in [0.1, 0.15) is 46.0 Å². The summed E-state index contributed by atoms with van der Waals surface area (Å²) in [5.41, 5.74) is 0.408. The molecule has 2 aliphatic rings. The van der Waals surface area contributed by atoms with Gasteiger partial charge in [-0.1, -0.05) is 6.92 Å². The molecule has 0 aromatic carbocycles. The Balaban J connectivity index is 1.82. The number of rotatable bonds is 7. The van der Waals surface area contributed by atoms with E-state index in [0.29, 0.717) is 5.54 Å². The first-order valence-corrected chi connectivity index (χ1v) is 9.07. The van der Waals surface area contributed by atoms with E-state index in [-0.39, 0.29) is 0 Å². The third-order valence-electron chi connectivity index (χ3n) is 4.78. The van der Waals surface area contributed by atoms with Crippen LogP contribution in [0.25, 0.3) is 0 Å². The lowest BCUT2D eigenvalue weighted by molar-refractivity contribution is 0.0719. The minimum atomic E-state index is 0.408. The molecule has 0 aromatic rings. The zero-order chi connectivity index (χ0) is 13.0. The van der Waals surface area contributed by atoms with Gasteiger partial charge >= 0.3 is 0 Å². The van der Waals surface area contributed by atoms with Crippen molar-refractivity contribution in [1.29, 1.82) is 0 Å². The van der Waals surface area contributed by atoms with Gasteiger partial charge in [-0.2, -0.15) is 11.8 Å². The van der Waals surface area contributed by atoms with Gasteiger partial charge in [-0.3, -0.25) is 4.90 Å². The summed E-state index contributed by atoms with van der Waals surface area (Å²) in [6.45, 7) is 8.57. The summed E-state index contributed by atoms with van der Waals surface area (Å²) in [5.74, 6) is 2.27. The Bertz CT molecular complexity index is 255. The molecule has 1 saturated carbocycles. The van der Waals surface area contributed by atoms with Crippen molar-refractivity contribution in [3.63, 3.8) is 0 Å². The highest BCUT2D eigenvalue weighted by Gasteiger charge is 2.45. The van der Waals surface area contributed by atoms with Crippen molar-refractivity contribution in [3.8, 4) is 0 Å². The Morgan fingerprint density at radius 2 is 2.11 bits per heavy atom. The summed E-state index contributed by atoms with van der Waals surface area (Å²) in [6, 6.07) is 0.770. The monoisotopic (exact) mass is 270 g/mol. The summed E-state index contributed by atoms with van der Waals surface area (Å²) in [5, 5.41) is 3.84. The van der Waals surface area contributed by atoms with Crippen LogP contribution < -0.4 is 5.32 Å². The van der Waals surface area contributed by atoms with Crippen LogP contribution in [-0.4, -0.2) is 48.1 Å². The number of nitrogens with one attached hydrogen (secondary N) is 1. The second kappa shape index (κ2) is 6.62. The number of piperazine rings is 1. The summed E-state index contributed by atoms with van der Waals surface area (Å²) in [4.78, 5) is 2.77. The van der Waals surface area contributed by atoms with Gasteiger partial charge in [0.15, 0.2) is 0 Å². The molecule has 1 saturated heterocycles. The molecule has 2 unspecified atom stereocenters. The molecule has 2 atom stereocenters. The fourth-order valence-corrected chi connectivity index (χ4v) is 3.80. The van der Waals surface area contributed by atoms with Crippen LogP contribution in [0.5, 0.6) is 0 Å². The smallest absolute Gasteiger partial charge is 0.0309 e. The standard InChI is InChI=1S/C15H30N2S/c1-4-14-11-16-15(2,13-7-8-13)12-17(14)9-5-6-10-18-3/h13-14,16H,4-12H2,1-3H3. The molecule has 18 heavy (non-hydrogen) atoms. The Morgan fingerprint density at radius 3 is 2.72 bits per heavy atom. The summed E-state index contributed by atoms with van der Waals surface area (Å²) >= 11 is 1.98. The van der Waals surface area contributed by atoms with Crippen LogP contribution in [0.3, 0.4) is 0 Å². The first-order chi connectivity index (χ1) is 8.69. The summed E-state index contributed by atoms with van der Waals surface area (Å²) in [6.07, 6.45) is 9.14. The average Bonchev–Trinajstić information content (AvgIpc) is 3.19. The third-order valence-corrected chi connectivity index (χ3v) is 5.48. The third kappa shape index (κ3) is 3.64. The van der Waals surface area contributed by atoms with Crippen LogP contribution in [0.2, 0.25) is 0 Å². The Labute approximate surface area is 117 Å². The maximum Gasteiger partial charge on any atom is 0.0309 e. The van der Waals surface area contributed by atoms with Gasteiger partial charge in [0.05, 0.1) is 0 Å². The SMILES string of the molecule is CCC1CNC(C)(C2CC2)CN1CCCCSC. The zero-order valence-corrected chi connectivity index (χ0v) is 13.2. The fourth-order valence-electron chi connectivity index (χ4n) is 3.31. The van der Waals surface area contributed by atoms with Crippen molar-refractivity contribution < 1.29 is 0 Å².